The van der Waals surface area contributed by atoms with Gasteiger partial charge in [0, 0.05) is 31.2 Å². The predicted molar refractivity (Wildman–Crippen MR) is 69.4 cm³/mol. The minimum atomic E-state index is 0.530. The zero-order chi connectivity index (χ0) is 11.5. The minimum absolute atomic E-state index is 0.530. The lowest BCUT2D eigenvalue weighted by molar-refractivity contribution is 0.183. The van der Waals surface area contributed by atoms with E-state index in [9.17, 15) is 0 Å². The zero-order valence-electron chi connectivity index (χ0n) is 10.1. The summed E-state index contributed by atoms with van der Waals surface area (Å²) in [4.78, 5) is 11.4. The van der Waals surface area contributed by atoms with Crippen molar-refractivity contribution in [3.63, 3.8) is 0 Å². The molecule has 2 fully saturated rings. The van der Waals surface area contributed by atoms with Gasteiger partial charge in [0.05, 0.1) is 6.04 Å². The van der Waals surface area contributed by atoms with Crippen molar-refractivity contribution >= 4 is 6.21 Å². The Morgan fingerprint density at radius 1 is 1.24 bits per heavy atom. The molecule has 3 heteroatoms. The van der Waals surface area contributed by atoms with E-state index in [1.165, 1.54) is 38.8 Å². The first kappa shape index (κ1) is 10.9. The number of aromatic nitrogens is 1. The summed E-state index contributed by atoms with van der Waals surface area (Å²) in [6.07, 6.45) is 10.9. The van der Waals surface area contributed by atoms with E-state index in [1.54, 1.807) is 0 Å². The molecule has 2 aliphatic rings. The molecule has 0 aliphatic carbocycles. The lowest BCUT2D eigenvalue weighted by atomic mass is 9.98. The van der Waals surface area contributed by atoms with Gasteiger partial charge in [-0.25, -0.2) is 0 Å². The van der Waals surface area contributed by atoms with Gasteiger partial charge in [-0.1, -0.05) is 0 Å². The Hall–Kier alpha value is -1.22. The molecule has 0 spiro atoms. The van der Waals surface area contributed by atoms with Gasteiger partial charge < -0.3 is 4.90 Å². The summed E-state index contributed by atoms with van der Waals surface area (Å²) >= 11 is 0. The van der Waals surface area contributed by atoms with E-state index < -0.39 is 0 Å². The highest BCUT2D eigenvalue weighted by atomic mass is 15.2. The molecule has 2 saturated heterocycles. The molecule has 3 heterocycles. The Kier molecular flexibility index (Phi) is 3.18. The molecule has 0 bridgehead atoms. The molecule has 2 unspecified atom stereocenters. The first-order valence-corrected chi connectivity index (χ1v) is 6.59. The monoisotopic (exact) mass is 229 g/mol. The van der Waals surface area contributed by atoms with Gasteiger partial charge in [0.2, 0.25) is 0 Å². The number of pyridine rings is 1. The molecular formula is C14H19N3. The first-order valence-electron chi connectivity index (χ1n) is 6.59. The van der Waals surface area contributed by atoms with Crippen molar-refractivity contribution in [2.75, 3.05) is 13.1 Å². The van der Waals surface area contributed by atoms with Gasteiger partial charge in [0.25, 0.3) is 0 Å². The molecule has 2 aliphatic heterocycles. The number of rotatable bonds is 2. The van der Waals surface area contributed by atoms with Crippen LogP contribution >= 0.6 is 0 Å². The molecular weight excluding hydrogens is 210 g/mol. The number of aliphatic imine (C=N–C) groups is 1. The largest absolute Gasteiger partial charge is 0.300 e. The lowest BCUT2D eigenvalue weighted by Crippen LogP contribution is -2.39. The van der Waals surface area contributed by atoms with Gasteiger partial charge in [-0.05, 0) is 49.9 Å². The van der Waals surface area contributed by atoms with E-state index in [0.717, 1.165) is 11.6 Å². The summed E-state index contributed by atoms with van der Waals surface area (Å²) in [6, 6.07) is 5.36. The summed E-state index contributed by atoms with van der Waals surface area (Å²) < 4.78 is 0. The van der Waals surface area contributed by atoms with Crippen LogP contribution in [0.5, 0.6) is 0 Å². The highest BCUT2D eigenvalue weighted by Gasteiger charge is 2.31. The fraction of sp³-hybridized carbons (Fsp3) is 0.571. The van der Waals surface area contributed by atoms with Crippen LogP contribution < -0.4 is 0 Å². The molecule has 3 rings (SSSR count). The van der Waals surface area contributed by atoms with Crippen LogP contribution in [0.1, 0.15) is 31.2 Å². The van der Waals surface area contributed by atoms with E-state index in [1.807, 2.05) is 30.7 Å². The Bertz CT molecular complexity index is 388. The highest BCUT2D eigenvalue weighted by Crippen LogP contribution is 2.28. The zero-order valence-corrected chi connectivity index (χ0v) is 10.1. The maximum absolute atomic E-state index is 4.73. The van der Waals surface area contributed by atoms with Crippen LogP contribution in [0.2, 0.25) is 0 Å². The van der Waals surface area contributed by atoms with Gasteiger partial charge in [0.1, 0.15) is 0 Å². The van der Waals surface area contributed by atoms with Crippen molar-refractivity contribution in [3.05, 3.63) is 30.1 Å². The average Bonchev–Trinajstić information content (AvgIpc) is 2.85. The van der Waals surface area contributed by atoms with Crippen LogP contribution in [0.15, 0.2) is 29.5 Å². The maximum Gasteiger partial charge on any atom is 0.0526 e. The van der Waals surface area contributed by atoms with E-state index in [2.05, 4.69) is 9.88 Å². The Labute approximate surface area is 103 Å². The quantitative estimate of drug-likeness (QED) is 0.727. The second-order valence-corrected chi connectivity index (χ2v) is 5.07. The van der Waals surface area contributed by atoms with Gasteiger partial charge in [-0.2, -0.15) is 0 Å². The van der Waals surface area contributed by atoms with Crippen molar-refractivity contribution in [2.24, 2.45) is 4.99 Å². The molecule has 0 aromatic carbocycles. The molecule has 0 radical (unpaired) electrons. The maximum atomic E-state index is 4.73. The Morgan fingerprint density at radius 2 is 2.12 bits per heavy atom. The fourth-order valence-corrected chi connectivity index (χ4v) is 2.98. The second kappa shape index (κ2) is 4.96. The second-order valence-electron chi connectivity index (χ2n) is 5.07. The van der Waals surface area contributed by atoms with Crippen molar-refractivity contribution in [3.8, 4) is 0 Å². The molecule has 0 N–H and O–H groups in total. The third-order valence-corrected chi connectivity index (χ3v) is 3.93. The molecule has 3 nitrogen and oxygen atoms in total. The van der Waals surface area contributed by atoms with Gasteiger partial charge >= 0.3 is 0 Å². The van der Waals surface area contributed by atoms with Crippen LogP contribution in [-0.4, -0.2) is 41.3 Å². The summed E-state index contributed by atoms with van der Waals surface area (Å²) in [5, 5.41) is 0. The number of piperidine rings is 1. The summed E-state index contributed by atoms with van der Waals surface area (Å²) in [5.41, 5.74) is 1.16. The normalized spacial score (nSPS) is 29.6. The standard InChI is InChI=1S/C14H19N3/c1-2-14-10-13(5-9-17(14)8-1)16-11-12-3-6-15-7-4-12/h3-4,6-7,11,13-14H,1-2,5,8-10H2. The van der Waals surface area contributed by atoms with Gasteiger partial charge in [0.15, 0.2) is 0 Å². The number of nitrogens with zero attached hydrogens (tertiary/aromatic N) is 3. The highest BCUT2D eigenvalue weighted by molar-refractivity contribution is 5.79. The molecule has 2 atom stereocenters. The Morgan fingerprint density at radius 3 is 3.00 bits per heavy atom. The third-order valence-electron chi connectivity index (χ3n) is 3.93. The summed E-state index contributed by atoms with van der Waals surface area (Å²) in [7, 11) is 0. The number of fused-ring (bicyclic) bond motifs is 1. The number of hydrogen-bond donors (Lipinski definition) is 0. The topological polar surface area (TPSA) is 28.5 Å². The van der Waals surface area contributed by atoms with Crippen molar-refractivity contribution in [1.82, 2.24) is 9.88 Å². The van der Waals surface area contributed by atoms with Crippen LogP contribution in [-0.2, 0) is 0 Å². The number of hydrogen-bond acceptors (Lipinski definition) is 3. The molecule has 0 amide bonds. The average molecular weight is 229 g/mol. The van der Waals surface area contributed by atoms with Crippen LogP contribution in [0.25, 0.3) is 0 Å². The minimum Gasteiger partial charge on any atom is -0.300 e. The molecule has 90 valence electrons. The first-order chi connectivity index (χ1) is 8.42. The van der Waals surface area contributed by atoms with Crippen molar-refractivity contribution in [2.45, 2.75) is 37.8 Å². The molecule has 17 heavy (non-hydrogen) atoms. The van der Waals surface area contributed by atoms with Crippen molar-refractivity contribution in [1.29, 1.82) is 0 Å². The summed E-state index contributed by atoms with van der Waals surface area (Å²) in [6.45, 7) is 2.55. The van der Waals surface area contributed by atoms with Crippen LogP contribution in [0, 0.1) is 0 Å². The predicted octanol–water partition coefficient (Wildman–Crippen LogP) is 2.13. The fourth-order valence-electron chi connectivity index (χ4n) is 2.98. The third kappa shape index (κ3) is 2.55. The lowest BCUT2D eigenvalue weighted by Gasteiger charge is -2.32. The van der Waals surface area contributed by atoms with E-state index in [4.69, 9.17) is 4.99 Å². The van der Waals surface area contributed by atoms with Crippen LogP contribution in [0.3, 0.4) is 0 Å². The van der Waals surface area contributed by atoms with Gasteiger partial charge in [-0.15, -0.1) is 0 Å². The molecule has 1 aromatic heterocycles. The molecule has 0 saturated carbocycles. The SMILES string of the molecule is C(=NC1CCN2CCCC2C1)c1ccncc1. The Balaban J connectivity index is 1.61. The molecule has 1 aromatic rings. The van der Waals surface area contributed by atoms with E-state index in [0.29, 0.717) is 6.04 Å². The smallest absolute Gasteiger partial charge is 0.0526 e. The summed E-state index contributed by atoms with van der Waals surface area (Å²) in [5.74, 6) is 0. The van der Waals surface area contributed by atoms with E-state index >= 15 is 0 Å². The van der Waals surface area contributed by atoms with Gasteiger partial charge in [-0.3, -0.25) is 9.98 Å². The van der Waals surface area contributed by atoms with E-state index in [-0.39, 0.29) is 0 Å². The van der Waals surface area contributed by atoms with Crippen LogP contribution in [0.4, 0.5) is 0 Å². The van der Waals surface area contributed by atoms with Crippen molar-refractivity contribution < 1.29 is 0 Å².